The van der Waals surface area contributed by atoms with Crippen molar-refractivity contribution in [2.75, 3.05) is 0 Å². The highest BCUT2D eigenvalue weighted by Gasteiger charge is 2.18. The number of nitriles is 1. The second kappa shape index (κ2) is 7.34. The van der Waals surface area contributed by atoms with Gasteiger partial charge in [0.2, 0.25) is 0 Å². The second-order valence-corrected chi connectivity index (χ2v) is 5.43. The van der Waals surface area contributed by atoms with E-state index in [-0.39, 0.29) is 6.04 Å². The van der Waals surface area contributed by atoms with Crippen LogP contribution < -0.4 is 5.32 Å². The molecule has 0 aromatic heterocycles. The first kappa shape index (κ1) is 15.8. The lowest BCUT2D eigenvalue weighted by Crippen LogP contribution is -2.39. The van der Waals surface area contributed by atoms with Crippen LogP contribution in [0.15, 0.2) is 42.5 Å². The van der Waals surface area contributed by atoms with E-state index in [9.17, 15) is 4.79 Å². The molecule has 0 aliphatic heterocycles. The molecular formula is C16H20N2O2. The van der Waals surface area contributed by atoms with Crippen molar-refractivity contribution in [1.82, 2.24) is 5.32 Å². The van der Waals surface area contributed by atoms with Crippen LogP contribution in [-0.4, -0.2) is 17.7 Å². The summed E-state index contributed by atoms with van der Waals surface area (Å²) in [5.74, 6) is 0. The molecule has 106 valence electrons. The molecule has 0 radical (unpaired) electrons. The van der Waals surface area contributed by atoms with Crippen LogP contribution in [0.4, 0.5) is 4.79 Å². The standard InChI is InChI=1S/C16H20N2O2/c1-16(2,3)20-15(19)18-14(10-7-11-17)12-13-8-5-4-6-9-13/h4-10,14H,12H2,1-3H3,(H,18,19). The van der Waals surface area contributed by atoms with Gasteiger partial charge in [-0.1, -0.05) is 36.4 Å². The Kier molecular flexibility index (Phi) is 5.79. The molecule has 1 rings (SSSR count). The normalized spacial score (nSPS) is 12.7. The lowest BCUT2D eigenvalue weighted by molar-refractivity contribution is 0.0514. The summed E-state index contributed by atoms with van der Waals surface area (Å²) in [7, 11) is 0. The van der Waals surface area contributed by atoms with E-state index in [2.05, 4.69) is 5.32 Å². The summed E-state index contributed by atoms with van der Waals surface area (Å²) in [5.41, 5.74) is 0.538. The van der Waals surface area contributed by atoms with Gasteiger partial charge < -0.3 is 10.1 Å². The highest BCUT2D eigenvalue weighted by atomic mass is 16.6. The van der Waals surface area contributed by atoms with Crippen molar-refractivity contribution in [3.63, 3.8) is 0 Å². The van der Waals surface area contributed by atoms with E-state index in [1.54, 1.807) is 6.08 Å². The van der Waals surface area contributed by atoms with Gasteiger partial charge in [0.05, 0.1) is 12.1 Å². The van der Waals surface area contributed by atoms with Gasteiger partial charge in [0.15, 0.2) is 0 Å². The number of rotatable bonds is 4. The van der Waals surface area contributed by atoms with Crippen LogP contribution in [0.5, 0.6) is 0 Å². The number of carbonyl (C=O) groups excluding carboxylic acids is 1. The van der Waals surface area contributed by atoms with E-state index in [1.165, 1.54) is 6.08 Å². The molecule has 0 saturated carbocycles. The molecule has 0 heterocycles. The summed E-state index contributed by atoms with van der Waals surface area (Å²) < 4.78 is 5.22. The fraction of sp³-hybridized carbons (Fsp3) is 0.375. The van der Waals surface area contributed by atoms with Gasteiger partial charge in [0, 0.05) is 6.08 Å². The van der Waals surface area contributed by atoms with Crippen molar-refractivity contribution in [3.05, 3.63) is 48.0 Å². The quantitative estimate of drug-likeness (QED) is 0.856. The van der Waals surface area contributed by atoms with Crippen LogP contribution in [0.25, 0.3) is 0 Å². The predicted molar refractivity (Wildman–Crippen MR) is 78.1 cm³/mol. The Balaban J connectivity index is 2.68. The van der Waals surface area contributed by atoms with Crippen molar-refractivity contribution >= 4 is 6.09 Å². The molecular weight excluding hydrogens is 252 g/mol. The Morgan fingerprint density at radius 3 is 2.60 bits per heavy atom. The molecule has 0 fully saturated rings. The first-order valence-corrected chi connectivity index (χ1v) is 6.50. The van der Waals surface area contributed by atoms with Crippen LogP contribution >= 0.6 is 0 Å². The van der Waals surface area contributed by atoms with Gasteiger partial charge in [0.1, 0.15) is 5.60 Å². The number of allylic oxidation sites excluding steroid dienone is 1. The minimum absolute atomic E-state index is 0.271. The molecule has 0 saturated heterocycles. The fourth-order valence-corrected chi connectivity index (χ4v) is 1.65. The van der Waals surface area contributed by atoms with Gasteiger partial charge in [-0.15, -0.1) is 0 Å². The molecule has 1 aromatic carbocycles. The lowest BCUT2D eigenvalue weighted by atomic mass is 10.1. The molecule has 4 nitrogen and oxygen atoms in total. The molecule has 1 N–H and O–H groups in total. The maximum Gasteiger partial charge on any atom is 0.408 e. The molecule has 4 heteroatoms. The summed E-state index contributed by atoms with van der Waals surface area (Å²) in [6, 6.07) is 11.4. The molecule has 1 unspecified atom stereocenters. The third kappa shape index (κ3) is 6.60. The number of nitrogens with one attached hydrogen (secondary N) is 1. The van der Waals surface area contributed by atoms with Gasteiger partial charge in [-0.25, -0.2) is 4.79 Å². The number of carbonyl (C=O) groups is 1. The first-order valence-electron chi connectivity index (χ1n) is 6.50. The molecule has 1 aromatic rings. The van der Waals surface area contributed by atoms with E-state index in [0.29, 0.717) is 6.42 Å². The highest BCUT2D eigenvalue weighted by Crippen LogP contribution is 2.09. The number of benzene rings is 1. The zero-order chi connectivity index (χ0) is 15.0. The number of ether oxygens (including phenoxy) is 1. The van der Waals surface area contributed by atoms with Crippen LogP contribution in [0.3, 0.4) is 0 Å². The molecule has 0 aliphatic rings. The third-order valence-electron chi connectivity index (χ3n) is 2.40. The van der Waals surface area contributed by atoms with Gasteiger partial charge in [0.25, 0.3) is 0 Å². The molecule has 1 amide bonds. The summed E-state index contributed by atoms with van der Waals surface area (Å²) in [6.45, 7) is 5.43. The summed E-state index contributed by atoms with van der Waals surface area (Å²) in [6.07, 6.45) is 3.15. The topological polar surface area (TPSA) is 62.1 Å². The van der Waals surface area contributed by atoms with Crippen molar-refractivity contribution in [3.8, 4) is 6.07 Å². The minimum atomic E-state index is -0.541. The van der Waals surface area contributed by atoms with Gasteiger partial charge in [-0.3, -0.25) is 0 Å². The van der Waals surface area contributed by atoms with E-state index < -0.39 is 11.7 Å². The lowest BCUT2D eigenvalue weighted by Gasteiger charge is -2.22. The maximum absolute atomic E-state index is 11.8. The zero-order valence-corrected chi connectivity index (χ0v) is 12.1. The average molecular weight is 272 g/mol. The number of hydrogen-bond acceptors (Lipinski definition) is 3. The van der Waals surface area contributed by atoms with Crippen molar-refractivity contribution in [2.24, 2.45) is 0 Å². The van der Waals surface area contributed by atoms with Crippen LogP contribution in [0, 0.1) is 11.3 Å². The SMILES string of the molecule is CC(C)(C)OC(=O)NC(C=CC#N)Cc1ccccc1. The number of alkyl carbamates (subject to hydrolysis) is 1. The molecule has 0 spiro atoms. The molecule has 20 heavy (non-hydrogen) atoms. The summed E-state index contributed by atoms with van der Waals surface area (Å²) >= 11 is 0. The fourth-order valence-electron chi connectivity index (χ4n) is 1.65. The van der Waals surface area contributed by atoms with Gasteiger partial charge >= 0.3 is 6.09 Å². The molecule has 0 aliphatic carbocycles. The van der Waals surface area contributed by atoms with E-state index >= 15 is 0 Å². The van der Waals surface area contributed by atoms with E-state index in [4.69, 9.17) is 10.00 Å². The van der Waals surface area contributed by atoms with Crippen LogP contribution in [0.1, 0.15) is 26.3 Å². The number of amides is 1. The molecule has 0 bridgehead atoms. The Morgan fingerprint density at radius 1 is 1.40 bits per heavy atom. The zero-order valence-electron chi connectivity index (χ0n) is 12.1. The molecule has 1 atom stereocenters. The summed E-state index contributed by atoms with van der Waals surface area (Å²) in [5, 5.41) is 11.4. The second-order valence-electron chi connectivity index (χ2n) is 5.43. The maximum atomic E-state index is 11.8. The van der Waals surface area contributed by atoms with Gasteiger partial charge in [-0.2, -0.15) is 5.26 Å². The van der Waals surface area contributed by atoms with E-state index in [0.717, 1.165) is 5.56 Å². The van der Waals surface area contributed by atoms with Gasteiger partial charge in [-0.05, 0) is 32.8 Å². The van der Waals surface area contributed by atoms with Crippen molar-refractivity contribution in [2.45, 2.75) is 38.8 Å². The number of hydrogen-bond donors (Lipinski definition) is 1. The van der Waals surface area contributed by atoms with E-state index in [1.807, 2.05) is 57.2 Å². The van der Waals surface area contributed by atoms with Crippen molar-refractivity contribution in [1.29, 1.82) is 5.26 Å². The Morgan fingerprint density at radius 2 is 2.05 bits per heavy atom. The smallest absolute Gasteiger partial charge is 0.408 e. The first-order chi connectivity index (χ1) is 9.40. The predicted octanol–water partition coefficient (Wildman–Crippen LogP) is 3.20. The van der Waals surface area contributed by atoms with Crippen LogP contribution in [0.2, 0.25) is 0 Å². The van der Waals surface area contributed by atoms with Crippen molar-refractivity contribution < 1.29 is 9.53 Å². The Hall–Kier alpha value is -2.28. The number of nitrogens with zero attached hydrogens (tertiary/aromatic N) is 1. The summed E-state index contributed by atoms with van der Waals surface area (Å²) in [4.78, 5) is 11.8. The average Bonchev–Trinajstić information content (AvgIpc) is 2.35. The highest BCUT2D eigenvalue weighted by molar-refractivity contribution is 5.68. The third-order valence-corrected chi connectivity index (χ3v) is 2.40. The minimum Gasteiger partial charge on any atom is -0.444 e. The largest absolute Gasteiger partial charge is 0.444 e. The Bertz CT molecular complexity index is 495. The Labute approximate surface area is 120 Å². The monoisotopic (exact) mass is 272 g/mol. The van der Waals surface area contributed by atoms with Crippen LogP contribution in [-0.2, 0) is 11.2 Å².